The van der Waals surface area contributed by atoms with Gasteiger partial charge < -0.3 is 4.74 Å². The average molecular weight is 321 g/mol. The Bertz CT molecular complexity index is 748. The SMILES string of the molecule is Cc1cccc(C)c1-c1ccc2c(c1)OC(C(C)(C)C)C/C=N\C2. The zero-order chi connectivity index (χ0) is 17.3. The van der Waals surface area contributed by atoms with E-state index in [1.807, 2.05) is 6.21 Å². The van der Waals surface area contributed by atoms with Gasteiger partial charge in [-0.1, -0.05) is 51.1 Å². The maximum atomic E-state index is 6.45. The first kappa shape index (κ1) is 16.8. The molecule has 2 nitrogen and oxygen atoms in total. The maximum Gasteiger partial charge on any atom is 0.125 e. The first-order valence-electron chi connectivity index (χ1n) is 8.71. The van der Waals surface area contributed by atoms with E-state index >= 15 is 0 Å². The first-order valence-corrected chi connectivity index (χ1v) is 8.71. The summed E-state index contributed by atoms with van der Waals surface area (Å²) in [4.78, 5) is 4.57. The highest BCUT2D eigenvalue weighted by atomic mass is 16.5. The fourth-order valence-corrected chi connectivity index (χ4v) is 3.29. The Morgan fingerprint density at radius 2 is 1.75 bits per heavy atom. The molecule has 2 aromatic carbocycles. The molecule has 0 bridgehead atoms. The van der Waals surface area contributed by atoms with E-state index in [0.29, 0.717) is 6.54 Å². The predicted octanol–water partition coefficient (Wildman–Crippen LogP) is 5.74. The zero-order valence-corrected chi connectivity index (χ0v) is 15.4. The summed E-state index contributed by atoms with van der Waals surface area (Å²) in [5.41, 5.74) is 6.37. The van der Waals surface area contributed by atoms with E-state index in [-0.39, 0.29) is 11.5 Å². The molecule has 0 radical (unpaired) electrons. The molecular formula is C22H27NO. The van der Waals surface area contributed by atoms with Gasteiger partial charge in [0.1, 0.15) is 11.9 Å². The second-order valence-corrected chi connectivity index (χ2v) is 7.82. The number of fused-ring (bicyclic) bond motifs is 1. The lowest BCUT2D eigenvalue weighted by atomic mass is 9.87. The van der Waals surface area contributed by atoms with E-state index in [9.17, 15) is 0 Å². The van der Waals surface area contributed by atoms with Crippen LogP contribution < -0.4 is 4.74 Å². The third-order valence-electron chi connectivity index (χ3n) is 4.78. The number of hydrogen-bond donors (Lipinski definition) is 0. The smallest absolute Gasteiger partial charge is 0.125 e. The van der Waals surface area contributed by atoms with E-state index < -0.39 is 0 Å². The summed E-state index contributed by atoms with van der Waals surface area (Å²) >= 11 is 0. The van der Waals surface area contributed by atoms with Crippen LogP contribution in [0.5, 0.6) is 5.75 Å². The minimum atomic E-state index is 0.0786. The van der Waals surface area contributed by atoms with Gasteiger partial charge in [0.05, 0.1) is 6.54 Å². The number of aryl methyl sites for hydroxylation is 2. The molecule has 1 aliphatic rings. The van der Waals surface area contributed by atoms with Crippen molar-refractivity contribution >= 4 is 6.21 Å². The lowest BCUT2D eigenvalue weighted by Gasteiger charge is -2.32. The van der Waals surface area contributed by atoms with E-state index in [0.717, 1.165) is 17.7 Å². The summed E-state index contributed by atoms with van der Waals surface area (Å²) in [5.74, 6) is 0.979. The van der Waals surface area contributed by atoms with Crippen molar-refractivity contribution in [2.45, 2.75) is 53.7 Å². The summed E-state index contributed by atoms with van der Waals surface area (Å²) in [6.07, 6.45) is 3.00. The molecule has 0 aliphatic carbocycles. The van der Waals surface area contributed by atoms with Crippen LogP contribution in [0.2, 0.25) is 0 Å². The molecule has 126 valence electrons. The van der Waals surface area contributed by atoms with Gasteiger partial charge in [-0.3, -0.25) is 4.99 Å². The van der Waals surface area contributed by atoms with Crippen LogP contribution in [-0.2, 0) is 6.54 Å². The summed E-state index contributed by atoms with van der Waals surface area (Å²) in [6.45, 7) is 11.7. The van der Waals surface area contributed by atoms with Gasteiger partial charge >= 0.3 is 0 Å². The lowest BCUT2D eigenvalue weighted by molar-refractivity contribution is 0.0922. The molecule has 1 aliphatic heterocycles. The Kier molecular flexibility index (Phi) is 4.49. The largest absolute Gasteiger partial charge is 0.489 e. The number of nitrogens with zero attached hydrogens (tertiary/aromatic N) is 1. The number of aliphatic imine (C=N–C) groups is 1. The number of hydrogen-bond acceptors (Lipinski definition) is 2. The van der Waals surface area contributed by atoms with Crippen LogP contribution in [0.25, 0.3) is 11.1 Å². The highest BCUT2D eigenvalue weighted by Gasteiger charge is 2.27. The lowest BCUT2D eigenvalue weighted by Crippen LogP contribution is -2.33. The number of ether oxygens (including phenoxy) is 1. The van der Waals surface area contributed by atoms with Crippen LogP contribution in [-0.4, -0.2) is 12.3 Å². The third-order valence-corrected chi connectivity index (χ3v) is 4.78. The normalized spacial score (nSPS) is 19.0. The minimum absolute atomic E-state index is 0.0786. The maximum absolute atomic E-state index is 6.45. The number of rotatable bonds is 1. The quantitative estimate of drug-likeness (QED) is 0.656. The third kappa shape index (κ3) is 3.38. The molecule has 0 fully saturated rings. The fraction of sp³-hybridized carbons (Fsp3) is 0.409. The van der Waals surface area contributed by atoms with Gasteiger partial charge in [0, 0.05) is 18.2 Å². The van der Waals surface area contributed by atoms with Crippen molar-refractivity contribution in [1.29, 1.82) is 0 Å². The first-order chi connectivity index (χ1) is 11.4. The average Bonchev–Trinajstić information content (AvgIpc) is 2.47. The van der Waals surface area contributed by atoms with Gasteiger partial charge in [-0.25, -0.2) is 0 Å². The molecular weight excluding hydrogens is 294 g/mol. The van der Waals surface area contributed by atoms with Crippen molar-refractivity contribution in [2.24, 2.45) is 10.4 Å². The second kappa shape index (κ2) is 6.43. The van der Waals surface area contributed by atoms with Crippen molar-refractivity contribution in [3.8, 4) is 16.9 Å². The monoisotopic (exact) mass is 321 g/mol. The Hall–Kier alpha value is -2.09. The highest BCUT2D eigenvalue weighted by molar-refractivity contribution is 5.72. The van der Waals surface area contributed by atoms with Gasteiger partial charge in [-0.2, -0.15) is 0 Å². The van der Waals surface area contributed by atoms with Crippen LogP contribution in [0.3, 0.4) is 0 Å². The molecule has 2 heteroatoms. The Morgan fingerprint density at radius 3 is 2.42 bits per heavy atom. The molecule has 0 saturated carbocycles. The molecule has 1 heterocycles. The van der Waals surface area contributed by atoms with Crippen molar-refractivity contribution in [3.63, 3.8) is 0 Å². The van der Waals surface area contributed by atoms with E-state index in [4.69, 9.17) is 4.74 Å². The van der Waals surface area contributed by atoms with E-state index in [2.05, 4.69) is 76.0 Å². The molecule has 24 heavy (non-hydrogen) atoms. The Morgan fingerprint density at radius 1 is 1.04 bits per heavy atom. The molecule has 1 unspecified atom stereocenters. The van der Waals surface area contributed by atoms with E-state index in [1.54, 1.807) is 0 Å². The molecule has 0 saturated heterocycles. The van der Waals surface area contributed by atoms with Crippen LogP contribution in [0.1, 0.15) is 43.9 Å². The van der Waals surface area contributed by atoms with Gasteiger partial charge in [-0.05, 0) is 47.6 Å². The molecule has 2 aromatic rings. The Balaban J connectivity index is 2.06. The second-order valence-electron chi connectivity index (χ2n) is 7.82. The van der Waals surface area contributed by atoms with Gasteiger partial charge in [0.15, 0.2) is 0 Å². The van der Waals surface area contributed by atoms with Crippen LogP contribution in [0.4, 0.5) is 0 Å². The topological polar surface area (TPSA) is 21.6 Å². The molecule has 3 rings (SSSR count). The van der Waals surface area contributed by atoms with Crippen molar-refractivity contribution in [1.82, 2.24) is 0 Å². The van der Waals surface area contributed by atoms with Crippen molar-refractivity contribution in [3.05, 3.63) is 53.1 Å². The van der Waals surface area contributed by atoms with Crippen LogP contribution >= 0.6 is 0 Å². The zero-order valence-electron chi connectivity index (χ0n) is 15.4. The van der Waals surface area contributed by atoms with E-state index in [1.165, 1.54) is 22.3 Å². The number of benzene rings is 2. The Labute approximate surface area is 145 Å². The van der Waals surface area contributed by atoms with Crippen LogP contribution in [0, 0.1) is 19.3 Å². The molecule has 0 amide bonds. The summed E-state index contributed by atoms with van der Waals surface area (Å²) in [6, 6.07) is 13.0. The minimum Gasteiger partial charge on any atom is -0.489 e. The summed E-state index contributed by atoms with van der Waals surface area (Å²) in [5, 5.41) is 0. The molecule has 0 spiro atoms. The summed E-state index contributed by atoms with van der Waals surface area (Å²) < 4.78 is 6.45. The van der Waals surface area contributed by atoms with Gasteiger partial charge in [0.25, 0.3) is 0 Å². The fourth-order valence-electron chi connectivity index (χ4n) is 3.29. The molecule has 1 atom stereocenters. The highest BCUT2D eigenvalue weighted by Crippen LogP contribution is 2.35. The van der Waals surface area contributed by atoms with Gasteiger partial charge in [0.2, 0.25) is 0 Å². The summed E-state index contributed by atoms with van der Waals surface area (Å²) in [7, 11) is 0. The van der Waals surface area contributed by atoms with Gasteiger partial charge in [-0.15, -0.1) is 0 Å². The van der Waals surface area contributed by atoms with Crippen LogP contribution in [0.15, 0.2) is 41.4 Å². The molecule has 0 N–H and O–H groups in total. The van der Waals surface area contributed by atoms with Crippen molar-refractivity contribution in [2.75, 3.05) is 0 Å². The predicted molar refractivity (Wildman–Crippen MR) is 102 cm³/mol. The molecule has 0 aromatic heterocycles. The standard InChI is InChI=1S/C22H27NO/c1-15-7-6-8-16(2)21(15)17-9-10-18-14-23-12-11-20(22(3,4)5)24-19(18)13-17/h6-10,12-13,20H,11,14H2,1-5H3/b23-12-. The van der Waals surface area contributed by atoms with Crippen molar-refractivity contribution < 1.29 is 4.74 Å².